The summed E-state index contributed by atoms with van der Waals surface area (Å²) in [6, 6.07) is 5.60. The zero-order valence-corrected chi connectivity index (χ0v) is 15.5. The molecule has 1 unspecified atom stereocenters. The van der Waals surface area contributed by atoms with Crippen molar-refractivity contribution in [2.24, 2.45) is 5.92 Å². The molecule has 5 nitrogen and oxygen atoms in total. The fourth-order valence-electron chi connectivity index (χ4n) is 2.99. The maximum atomic E-state index is 12.2. The average molecular weight is 354 g/mol. The third kappa shape index (κ3) is 5.96. The van der Waals surface area contributed by atoms with Gasteiger partial charge in [0, 0.05) is 36.4 Å². The van der Waals surface area contributed by atoms with Crippen molar-refractivity contribution in [3.63, 3.8) is 0 Å². The number of anilines is 1. The van der Waals surface area contributed by atoms with E-state index in [0.717, 1.165) is 44.0 Å². The SMILES string of the molecule is Cc1cc(Cl)ccc1NC(=O)NCC(CC(C)C)N1CCOCC1. The summed E-state index contributed by atoms with van der Waals surface area (Å²) in [6.45, 7) is 10.4. The molecule has 2 N–H and O–H groups in total. The number of nitrogens with zero attached hydrogens (tertiary/aromatic N) is 1. The number of morpholine rings is 1. The van der Waals surface area contributed by atoms with Crippen molar-refractivity contribution in [1.29, 1.82) is 0 Å². The molecule has 1 atom stereocenters. The Bertz CT molecular complexity index is 545. The number of nitrogens with one attached hydrogen (secondary N) is 2. The van der Waals surface area contributed by atoms with Gasteiger partial charge in [-0.2, -0.15) is 0 Å². The fourth-order valence-corrected chi connectivity index (χ4v) is 3.22. The number of urea groups is 1. The predicted molar refractivity (Wildman–Crippen MR) is 98.8 cm³/mol. The second-order valence-corrected chi connectivity index (χ2v) is 7.16. The third-order valence-corrected chi connectivity index (χ3v) is 4.48. The molecule has 1 aromatic rings. The van der Waals surface area contributed by atoms with Gasteiger partial charge in [0.15, 0.2) is 0 Å². The van der Waals surface area contributed by atoms with Crippen LogP contribution in [0.5, 0.6) is 0 Å². The van der Waals surface area contributed by atoms with Crippen molar-refractivity contribution in [2.45, 2.75) is 33.2 Å². The molecule has 0 aliphatic carbocycles. The number of carbonyl (C=O) groups is 1. The lowest BCUT2D eigenvalue weighted by Crippen LogP contribution is -2.49. The molecule has 1 heterocycles. The van der Waals surface area contributed by atoms with Crippen LogP contribution in [0.15, 0.2) is 18.2 Å². The summed E-state index contributed by atoms with van der Waals surface area (Å²) in [6.07, 6.45) is 1.06. The highest BCUT2D eigenvalue weighted by Gasteiger charge is 2.22. The molecule has 1 aliphatic heterocycles. The van der Waals surface area contributed by atoms with Gasteiger partial charge < -0.3 is 15.4 Å². The number of carbonyl (C=O) groups excluding carboxylic acids is 1. The highest BCUT2D eigenvalue weighted by molar-refractivity contribution is 6.30. The quantitative estimate of drug-likeness (QED) is 0.822. The van der Waals surface area contributed by atoms with Crippen molar-refractivity contribution in [3.8, 4) is 0 Å². The number of rotatable bonds is 6. The largest absolute Gasteiger partial charge is 0.379 e. The number of halogens is 1. The van der Waals surface area contributed by atoms with Crippen LogP contribution in [0.3, 0.4) is 0 Å². The van der Waals surface area contributed by atoms with Crippen LogP contribution in [-0.2, 0) is 4.74 Å². The number of ether oxygens (including phenoxy) is 1. The number of hydrogen-bond donors (Lipinski definition) is 2. The van der Waals surface area contributed by atoms with Crippen molar-refractivity contribution in [1.82, 2.24) is 10.2 Å². The van der Waals surface area contributed by atoms with E-state index in [-0.39, 0.29) is 6.03 Å². The standard InChI is InChI=1S/C18H28ClN3O2/c1-13(2)10-16(22-6-8-24-9-7-22)12-20-18(23)21-17-5-4-15(19)11-14(17)3/h4-5,11,13,16H,6-10,12H2,1-3H3,(H2,20,21,23). The highest BCUT2D eigenvalue weighted by atomic mass is 35.5. The average Bonchev–Trinajstić information content (AvgIpc) is 2.54. The van der Waals surface area contributed by atoms with E-state index in [1.807, 2.05) is 19.1 Å². The van der Waals surface area contributed by atoms with Gasteiger partial charge in [0.1, 0.15) is 0 Å². The van der Waals surface area contributed by atoms with E-state index in [4.69, 9.17) is 16.3 Å². The number of aryl methyl sites for hydroxylation is 1. The van der Waals surface area contributed by atoms with Crippen LogP contribution in [0, 0.1) is 12.8 Å². The predicted octanol–water partition coefficient (Wildman–Crippen LogP) is 3.52. The van der Waals surface area contributed by atoms with Crippen LogP contribution in [0.2, 0.25) is 5.02 Å². The van der Waals surface area contributed by atoms with Crippen LogP contribution in [0.1, 0.15) is 25.8 Å². The number of amides is 2. The monoisotopic (exact) mass is 353 g/mol. The van der Waals surface area contributed by atoms with Gasteiger partial charge in [-0.25, -0.2) is 4.79 Å². The van der Waals surface area contributed by atoms with E-state index < -0.39 is 0 Å². The Morgan fingerprint density at radius 2 is 2.04 bits per heavy atom. The van der Waals surface area contributed by atoms with E-state index >= 15 is 0 Å². The normalized spacial score (nSPS) is 16.9. The number of hydrogen-bond acceptors (Lipinski definition) is 3. The van der Waals surface area contributed by atoms with Crippen LogP contribution < -0.4 is 10.6 Å². The lowest BCUT2D eigenvalue weighted by molar-refractivity contribution is 0.0130. The van der Waals surface area contributed by atoms with Gasteiger partial charge in [-0.05, 0) is 43.0 Å². The zero-order chi connectivity index (χ0) is 17.5. The molecule has 134 valence electrons. The molecule has 0 aromatic heterocycles. The molecular formula is C18H28ClN3O2. The fraction of sp³-hybridized carbons (Fsp3) is 0.611. The van der Waals surface area contributed by atoms with Crippen LogP contribution >= 0.6 is 11.6 Å². The van der Waals surface area contributed by atoms with Gasteiger partial charge in [0.25, 0.3) is 0 Å². The van der Waals surface area contributed by atoms with Gasteiger partial charge in [-0.1, -0.05) is 25.4 Å². The Hall–Kier alpha value is -1.30. The van der Waals surface area contributed by atoms with Crippen molar-refractivity contribution in [2.75, 3.05) is 38.2 Å². The summed E-state index contributed by atoms with van der Waals surface area (Å²) < 4.78 is 5.43. The Kier molecular flexibility index (Phi) is 7.34. The first-order valence-corrected chi connectivity index (χ1v) is 8.96. The molecule has 0 radical (unpaired) electrons. The molecule has 0 bridgehead atoms. The van der Waals surface area contributed by atoms with Crippen LogP contribution in [-0.4, -0.2) is 49.8 Å². The molecule has 0 saturated carbocycles. The van der Waals surface area contributed by atoms with Crippen molar-refractivity contribution >= 4 is 23.3 Å². The molecule has 1 fully saturated rings. The van der Waals surface area contributed by atoms with Crippen molar-refractivity contribution < 1.29 is 9.53 Å². The first kappa shape index (κ1) is 19.0. The maximum Gasteiger partial charge on any atom is 0.319 e. The Labute approximate surface area is 149 Å². The molecule has 2 rings (SSSR count). The topological polar surface area (TPSA) is 53.6 Å². The lowest BCUT2D eigenvalue weighted by Gasteiger charge is -2.35. The molecule has 1 aliphatic rings. The van der Waals surface area contributed by atoms with E-state index in [1.165, 1.54) is 0 Å². The van der Waals surface area contributed by atoms with Gasteiger partial charge in [0.05, 0.1) is 13.2 Å². The summed E-state index contributed by atoms with van der Waals surface area (Å²) in [5, 5.41) is 6.58. The Morgan fingerprint density at radius 3 is 2.67 bits per heavy atom. The summed E-state index contributed by atoms with van der Waals surface area (Å²) >= 11 is 5.95. The smallest absolute Gasteiger partial charge is 0.319 e. The minimum Gasteiger partial charge on any atom is -0.379 e. The lowest BCUT2D eigenvalue weighted by atomic mass is 10.0. The van der Waals surface area contributed by atoms with Gasteiger partial charge in [0.2, 0.25) is 0 Å². The first-order valence-electron chi connectivity index (χ1n) is 8.58. The van der Waals surface area contributed by atoms with Crippen LogP contribution in [0.4, 0.5) is 10.5 Å². The maximum absolute atomic E-state index is 12.2. The summed E-state index contributed by atoms with van der Waals surface area (Å²) in [5.74, 6) is 0.584. The molecule has 24 heavy (non-hydrogen) atoms. The second-order valence-electron chi connectivity index (χ2n) is 6.73. The second kappa shape index (κ2) is 9.25. The van der Waals surface area contributed by atoms with E-state index in [0.29, 0.717) is 23.5 Å². The zero-order valence-electron chi connectivity index (χ0n) is 14.8. The molecule has 2 amide bonds. The Balaban J connectivity index is 1.88. The minimum atomic E-state index is -0.178. The Morgan fingerprint density at radius 1 is 1.33 bits per heavy atom. The molecule has 0 spiro atoms. The minimum absolute atomic E-state index is 0.178. The third-order valence-electron chi connectivity index (χ3n) is 4.24. The van der Waals surface area contributed by atoms with Gasteiger partial charge >= 0.3 is 6.03 Å². The van der Waals surface area contributed by atoms with E-state index in [1.54, 1.807) is 6.07 Å². The van der Waals surface area contributed by atoms with Crippen molar-refractivity contribution in [3.05, 3.63) is 28.8 Å². The van der Waals surface area contributed by atoms with Gasteiger partial charge in [-0.15, -0.1) is 0 Å². The molecule has 1 aromatic carbocycles. The summed E-state index contributed by atoms with van der Waals surface area (Å²) in [5.41, 5.74) is 1.73. The molecule has 6 heteroatoms. The highest BCUT2D eigenvalue weighted by Crippen LogP contribution is 2.19. The van der Waals surface area contributed by atoms with E-state index in [2.05, 4.69) is 29.4 Å². The van der Waals surface area contributed by atoms with Gasteiger partial charge in [-0.3, -0.25) is 4.90 Å². The first-order chi connectivity index (χ1) is 11.5. The van der Waals surface area contributed by atoms with Crippen LogP contribution in [0.25, 0.3) is 0 Å². The molecule has 1 saturated heterocycles. The number of benzene rings is 1. The summed E-state index contributed by atoms with van der Waals surface area (Å²) in [4.78, 5) is 14.6. The summed E-state index contributed by atoms with van der Waals surface area (Å²) in [7, 11) is 0. The van der Waals surface area contributed by atoms with E-state index in [9.17, 15) is 4.79 Å². The molecular weight excluding hydrogens is 326 g/mol.